The minimum Gasteiger partial charge on any atom is -0.456 e. The molecule has 11 aromatic rings. The first kappa shape index (κ1) is 29.0. The van der Waals surface area contributed by atoms with Gasteiger partial charge in [0.1, 0.15) is 22.3 Å². The van der Waals surface area contributed by atoms with Crippen LogP contribution in [0.1, 0.15) is 25.0 Å². The predicted molar refractivity (Wildman–Crippen MR) is 222 cm³/mol. The van der Waals surface area contributed by atoms with Gasteiger partial charge in [-0.2, -0.15) is 0 Å². The third kappa shape index (κ3) is 3.87. The third-order valence-corrected chi connectivity index (χ3v) is 12.0. The molecule has 0 saturated carbocycles. The molecule has 53 heavy (non-hydrogen) atoms. The van der Waals surface area contributed by atoms with E-state index in [4.69, 9.17) is 8.83 Å². The lowest BCUT2D eigenvalue weighted by Crippen LogP contribution is -2.14. The summed E-state index contributed by atoms with van der Waals surface area (Å²) in [6.45, 7) is 4.72. The molecule has 0 saturated heterocycles. The standard InChI is InChI=1S/C51H32O2/c1-51(2)42-18-10-9-13-33(42)34-22-19-30(25-43(34)51)48-36-14-5-7-16-38(36)49(39-17-8-6-15-37(39)48)31-20-23-35-40-27-41-47(28-46(40)53-45(35)26-31)52-44-24-21-29-11-3-4-12-32(29)50(41)44/h3-28H,1-2H3. The second-order valence-electron chi connectivity index (χ2n) is 15.2. The highest BCUT2D eigenvalue weighted by atomic mass is 16.3. The SMILES string of the molecule is CC1(C)c2ccccc2-c2ccc(-c3c4ccccc4c(-c4ccc5c(c4)oc4cc6oc7ccc8ccccc8c7c6cc45)c4ccccc34)cc21. The van der Waals surface area contributed by atoms with E-state index in [0.717, 1.165) is 49.4 Å². The van der Waals surface area contributed by atoms with Crippen LogP contribution < -0.4 is 0 Å². The van der Waals surface area contributed by atoms with Crippen molar-refractivity contribution in [2.75, 3.05) is 0 Å². The zero-order chi connectivity index (χ0) is 35.0. The van der Waals surface area contributed by atoms with Crippen LogP contribution in [0.15, 0.2) is 167 Å². The topological polar surface area (TPSA) is 26.3 Å². The predicted octanol–water partition coefficient (Wildman–Crippen LogP) is 14.6. The van der Waals surface area contributed by atoms with E-state index in [9.17, 15) is 0 Å². The van der Waals surface area contributed by atoms with E-state index in [1.165, 1.54) is 71.3 Å². The Labute approximate surface area is 305 Å². The minimum absolute atomic E-state index is 0.0705. The molecular weight excluding hydrogens is 645 g/mol. The van der Waals surface area contributed by atoms with Crippen LogP contribution in [0, 0.1) is 0 Å². The number of fused-ring (bicyclic) bond motifs is 13. The Bertz CT molecular complexity index is 3310. The number of rotatable bonds is 2. The van der Waals surface area contributed by atoms with Crippen LogP contribution in [0.2, 0.25) is 0 Å². The number of hydrogen-bond acceptors (Lipinski definition) is 2. The maximum absolute atomic E-state index is 6.65. The largest absolute Gasteiger partial charge is 0.456 e. The molecule has 2 heteroatoms. The highest BCUT2D eigenvalue weighted by molar-refractivity contribution is 6.24. The molecule has 0 N–H and O–H groups in total. The van der Waals surface area contributed by atoms with Gasteiger partial charge in [0, 0.05) is 33.0 Å². The first-order chi connectivity index (χ1) is 26.0. The van der Waals surface area contributed by atoms with Crippen molar-refractivity contribution in [3.8, 4) is 33.4 Å². The average molecular weight is 677 g/mol. The van der Waals surface area contributed by atoms with Gasteiger partial charge in [0.25, 0.3) is 0 Å². The normalized spacial score (nSPS) is 13.6. The van der Waals surface area contributed by atoms with Crippen LogP contribution >= 0.6 is 0 Å². The molecular formula is C51H32O2. The van der Waals surface area contributed by atoms with Crippen LogP contribution in [0.3, 0.4) is 0 Å². The molecule has 2 aromatic heterocycles. The van der Waals surface area contributed by atoms with Crippen LogP contribution in [0.4, 0.5) is 0 Å². The monoisotopic (exact) mass is 676 g/mol. The van der Waals surface area contributed by atoms with Crippen molar-refractivity contribution in [3.63, 3.8) is 0 Å². The van der Waals surface area contributed by atoms with Gasteiger partial charge in [-0.05, 0) is 107 Å². The summed E-state index contributed by atoms with van der Waals surface area (Å²) in [5.74, 6) is 0. The molecule has 0 fully saturated rings. The summed E-state index contributed by atoms with van der Waals surface area (Å²) in [5.41, 5.74) is 13.7. The van der Waals surface area contributed by atoms with Gasteiger partial charge in [-0.25, -0.2) is 0 Å². The van der Waals surface area contributed by atoms with Crippen molar-refractivity contribution >= 4 is 76.2 Å². The van der Waals surface area contributed by atoms with Crippen LogP contribution in [0.25, 0.3) is 110 Å². The lowest BCUT2D eigenvalue weighted by atomic mass is 9.80. The van der Waals surface area contributed by atoms with E-state index in [1.807, 2.05) is 0 Å². The fraction of sp³-hybridized carbons (Fsp3) is 0.0588. The van der Waals surface area contributed by atoms with E-state index in [0.29, 0.717) is 0 Å². The summed E-state index contributed by atoms with van der Waals surface area (Å²) in [6, 6.07) is 57.6. The second kappa shape index (κ2) is 10.2. The molecule has 248 valence electrons. The molecule has 9 aromatic carbocycles. The van der Waals surface area contributed by atoms with E-state index >= 15 is 0 Å². The van der Waals surface area contributed by atoms with Gasteiger partial charge in [0.15, 0.2) is 0 Å². The second-order valence-corrected chi connectivity index (χ2v) is 15.2. The summed E-state index contributed by atoms with van der Waals surface area (Å²) in [6.07, 6.45) is 0. The highest BCUT2D eigenvalue weighted by Gasteiger charge is 2.35. The highest BCUT2D eigenvalue weighted by Crippen LogP contribution is 2.51. The molecule has 1 aliphatic carbocycles. The van der Waals surface area contributed by atoms with Crippen molar-refractivity contribution in [2.45, 2.75) is 19.3 Å². The summed E-state index contributed by atoms with van der Waals surface area (Å²) in [4.78, 5) is 0. The molecule has 1 aliphatic rings. The van der Waals surface area contributed by atoms with Crippen LogP contribution in [0.5, 0.6) is 0 Å². The Balaban J connectivity index is 1.07. The molecule has 2 nitrogen and oxygen atoms in total. The summed E-state index contributed by atoms with van der Waals surface area (Å²) in [7, 11) is 0. The van der Waals surface area contributed by atoms with Crippen molar-refractivity contribution in [1.82, 2.24) is 0 Å². The first-order valence-electron chi connectivity index (χ1n) is 18.4. The number of hydrogen-bond donors (Lipinski definition) is 0. The smallest absolute Gasteiger partial charge is 0.139 e. The molecule has 0 amide bonds. The Kier molecular flexibility index (Phi) is 5.60. The lowest BCUT2D eigenvalue weighted by Gasteiger charge is -2.23. The Hall–Kier alpha value is -6.64. The third-order valence-electron chi connectivity index (χ3n) is 12.0. The summed E-state index contributed by atoms with van der Waals surface area (Å²) < 4.78 is 13.0. The van der Waals surface area contributed by atoms with E-state index < -0.39 is 0 Å². The van der Waals surface area contributed by atoms with Crippen molar-refractivity contribution in [2.24, 2.45) is 0 Å². The molecule has 0 bridgehead atoms. The van der Waals surface area contributed by atoms with E-state index in [2.05, 4.69) is 172 Å². The van der Waals surface area contributed by atoms with E-state index in [1.54, 1.807) is 0 Å². The van der Waals surface area contributed by atoms with E-state index in [-0.39, 0.29) is 5.41 Å². The van der Waals surface area contributed by atoms with Gasteiger partial charge in [-0.15, -0.1) is 0 Å². The number of benzene rings is 9. The zero-order valence-electron chi connectivity index (χ0n) is 29.3. The molecule has 12 rings (SSSR count). The maximum Gasteiger partial charge on any atom is 0.139 e. The van der Waals surface area contributed by atoms with Crippen LogP contribution in [-0.4, -0.2) is 0 Å². The fourth-order valence-electron chi connectivity index (χ4n) is 9.58. The molecule has 0 spiro atoms. The van der Waals surface area contributed by atoms with Gasteiger partial charge in [-0.1, -0.05) is 135 Å². The molecule has 0 unspecified atom stereocenters. The quantitative estimate of drug-likeness (QED) is 0.170. The molecule has 0 atom stereocenters. The Morgan fingerprint density at radius 1 is 0.358 bits per heavy atom. The van der Waals surface area contributed by atoms with Crippen molar-refractivity contribution in [1.29, 1.82) is 0 Å². The van der Waals surface area contributed by atoms with Crippen molar-refractivity contribution in [3.05, 3.63) is 169 Å². The number of furan rings is 2. The van der Waals surface area contributed by atoms with Gasteiger partial charge in [0.2, 0.25) is 0 Å². The maximum atomic E-state index is 6.65. The summed E-state index contributed by atoms with van der Waals surface area (Å²) >= 11 is 0. The van der Waals surface area contributed by atoms with Gasteiger partial charge < -0.3 is 8.83 Å². The van der Waals surface area contributed by atoms with Gasteiger partial charge in [0.05, 0.1) is 0 Å². The Morgan fingerprint density at radius 3 is 1.68 bits per heavy atom. The lowest BCUT2D eigenvalue weighted by molar-refractivity contribution is 0.656. The Morgan fingerprint density at radius 2 is 0.925 bits per heavy atom. The molecule has 2 heterocycles. The fourth-order valence-corrected chi connectivity index (χ4v) is 9.58. The minimum atomic E-state index is -0.0705. The average Bonchev–Trinajstić information content (AvgIpc) is 3.82. The first-order valence-corrected chi connectivity index (χ1v) is 18.4. The molecule has 0 radical (unpaired) electrons. The van der Waals surface area contributed by atoms with Gasteiger partial charge >= 0.3 is 0 Å². The van der Waals surface area contributed by atoms with Crippen LogP contribution in [-0.2, 0) is 5.41 Å². The summed E-state index contributed by atoms with van der Waals surface area (Å²) in [5, 5.41) is 11.8. The van der Waals surface area contributed by atoms with Crippen molar-refractivity contribution < 1.29 is 8.83 Å². The van der Waals surface area contributed by atoms with Gasteiger partial charge in [-0.3, -0.25) is 0 Å². The zero-order valence-corrected chi connectivity index (χ0v) is 29.3. The molecule has 0 aliphatic heterocycles.